The fourth-order valence-corrected chi connectivity index (χ4v) is 7.60. The van der Waals surface area contributed by atoms with Gasteiger partial charge in [0.2, 0.25) is 5.95 Å². The van der Waals surface area contributed by atoms with E-state index in [9.17, 15) is 4.79 Å². The molecule has 2 aliphatic rings. The Labute approximate surface area is 258 Å². The van der Waals surface area contributed by atoms with Crippen molar-refractivity contribution in [1.82, 2.24) is 23.9 Å². The molecular formula is C31H44ClN7O3Si. The van der Waals surface area contributed by atoms with E-state index < -0.39 is 8.07 Å². The van der Waals surface area contributed by atoms with Gasteiger partial charge in [-0.05, 0) is 38.8 Å². The zero-order valence-corrected chi connectivity index (χ0v) is 27.9. The van der Waals surface area contributed by atoms with Crippen molar-refractivity contribution in [3.63, 3.8) is 0 Å². The number of rotatable bonds is 8. The van der Waals surface area contributed by atoms with Crippen molar-refractivity contribution < 1.29 is 9.47 Å². The Morgan fingerprint density at radius 3 is 2.58 bits per heavy atom. The van der Waals surface area contributed by atoms with E-state index in [1.165, 1.54) is 0 Å². The average molecular weight is 626 g/mol. The third kappa shape index (κ3) is 5.43. The van der Waals surface area contributed by atoms with Crippen LogP contribution >= 0.6 is 11.6 Å². The Hall–Kier alpha value is -2.70. The van der Waals surface area contributed by atoms with Crippen molar-refractivity contribution in [1.29, 1.82) is 0 Å². The fourth-order valence-electron chi connectivity index (χ4n) is 6.54. The Bertz CT molecular complexity index is 1710. The molecule has 0 unspecified atom stereocenters. The summed E-state index contributed by atoms with van der Waals surface area (Å²) < 4.78 is 17.6. The van der Waals surface area contributed by atoms with E-state index in [0.717, 1.165) is 60.5 Å². The fraction of sp³-hybridized carbons (Fsp3) is 0.581. The number of aromatic nitrogens is 5. The normalized spacial score (nSPS) is 20.7. The van der Waals surface area contributed by atoms with Gasteiger partial charge in [0, 0.05) is 81.7 Å². The maximum absolute atomic E-state index is 14.2. The number of fused-ring (bicyclic) bond motifs is 2. The number of halogens is 1. The lowest BCUT2D eigenvalue weighted by molar-refractivity contribution is 0.0899. The van der Waals surface area contributed by atoms with Crippen molar-refractivity contribution in [3.05, 3.63) is 39.9 Å². The predicted molar refractivity (Wildman–Crippen MR) is 176 cm³/mol. The first-order chi connectivity index (χ1) is 20.4. The molecule has 3 aromatic heterocycles. The SMILES string of the molecule is CCn1cc2c(Cl)c(-c3cn(COCC[Si](C)(C)C)c4nc(N5CCC6(CC5)CO[C@@H](C)[C@H]6N)n(C)c(=O)c34)ccc2n1. The number of aryl methyl sites for hydroxylation is 1. The van der Waals surface area contributed by atoms with Gasteiger partial charge in [0.1, 0.15) is 6.73 Å². The third-order valence-corrected chi connectivity index (χ3v) is 11.6. The van der Waals surface area contributed by atoms with Gasteiger partial charge in [0.15, 0.2) is 5.65 Å². The second-order valence-electron chi connectivity index (χ2n) is 13.6. The van der Waals surface area contributed by atoms with Crippen LogP contribution in [-0.2, 0) is 29.8 Å². The first-order valence-corrected chi connectivity index (χ1v) is 19.5. The van der Waals surface area contributed by atoms with Gasteiger partial charge < -0.3 is 24.7 Å². The summed E-state index contributed by atoms with van der Waals surface area (Å²) >= 11 is 7.01. The number of hydrogen-bond acceptors (Lipinski definition) is 7. The molecule has 12 heteroatoms. The van der Waals surface area contributed by atoms with Crippen molar-refractivity contribution in [2.75, 3.05) is 31.2 Å². The second kappa shape index (κ2) is 11.3. The topological polar surface area (TPSA) is 105 Å². The molecule has 6 rings (SSSR count). The zero-order chi connectivity index (χ0) is 30.7. The molecule has 2 saturated heterocycles. The average Bonchev–Trinajstić information content (AvgIpc) is 3.64. The molecule has 0 amide bonds. The molecule has 1 spiro atoms. The van der Waals surface area contributed by atoms with E-state index in [4.69, 9.17) is 31.8 Å². The summed E-state index contributed by atoms with van der Waals surface area (Å²) in [5, 5.41) is 6.58. The first kappa shape index (κ1) is 30.3. The number of hydrogen-bond donors (Lipinski definition) is 1. The van der Waals surface area contributed by atoms with Crippen LogP contribution in [-0.4, -0.2) is 70.4 Å². The van der Waals surface area contributed by atoms with Gasteiger partial charge in [-0.25, -0.2) is 0 Å². The molecule has 0 bridgehead atoms. The first-order valence-electron chi connectivity index (χ1n) is 15.4. The second-order valence-corrected chi connectivity index (χ2v) is 19.6. The number of nitrogens with two attached hydrogens (primary N) is 1. The van der Waals surface area contributed by atoms with Crippen LogP contribution in [0, 0.1) is 5.41 Å². The third-order valence-electron chi connectivity index (χ3n) is 9.47. The minimum absolute atomic E-state index is 0.0164. The van der Waals surface area contributed by atoms with Gasteiger partial charge in [0.25, 0.3) is 5.56 Å². The highest BCUT2D eigenvalue weighted by Gasteiger charge is 2.48. The van der Waals surface area contributed by atoms with Crippen molar-refractivity contribution >= 4 is 47.6 Å². The molecule has 4 aromatic rings. The van der Waals surface area contributed by atoms with Gasteiger partial charge >= 0.3 is 0 Å². The van der Waals surface area contributed by atoms with Crippen molar-refractivity contribution in [2.45, 2.75) is 77.8 Å². The monoisotopic (exact) mass is 625 g/mol. The van der Waals surface area contributed by atoms with Crippen molar-refractivity contribution in [2.24, 2.45) is 18.2 Å². The smallest absolute Gasteiger partial charge is 0.264 e. The Morgan fingerprint density at radius 2 is 1.93 bits per heavy atom. The summed E-state index contributed by atoms with van der Waals surface area (Å²) in [4.78, 5) is 21.5. The molecule has 10 nitrogen and oxygen atoms in total. The van der Waals surface area contributed by atoms with E-state index in [1.807, 2.05) is 47.7 Å². The predicted octanol–water partition coefficient (Wildman–Crippen LogP) is 5.07. The highest BCUT2D eigenvalue weighted by atomic mass is 35.5. The van der Waals surface area contributed by atoms with Crippen molar-refractivity contribution in [3.8, 4) is 11.1 Å². The summed E-state index contributed by atoms with van der Waals surface area (Å²) in [6.07, 6.45) is 5.80. The lowest BCUT2D eigenvalue weighted by atomic mass is 9.73. The number of ether oxygens (including phenoxy) is 2. The minimum atomic E-state index is -1.26. The summed E-state index contributed by atoms with van der Waals surface area (Å²) in [6, 6.07) is 5.00. The Balaban J connectivity index is 1.41. The number of nitrogens with zero attached hydrogens (tertiary/aromatic N) is 6. The lowest BCUT2D eigenvalue weighted by Gasteiger charge is -2.41. The van der Waals surface area contributed by atoms with Crippen LogP contribution in [0.1, 0.15) is 26.7 Å². The molecule has 2 N–H and O–H groups in total. The van der Waals surface area contributed by atoms with E-state index in [-0.39, 0.29) is 23.1 Å². The quantitative estimate of drug-likeness (QED) is 0.215. The largest absolute Gasteiger partial charge is 0.376 e. The Kier molecular flexibility index (Phi) is 8.00. The van der Waals surface area contributed by atoms with E-state index in [0.29, 0.717) is 41.9 Å². The molecule has 0 saturated carbocycles. The van der Waals surface area contributed by atoms with Crippen LogP contribution in [0.25, 0.3) is 33.1 Å². The highest BCUT2D eigenvalue weighted by molar-refractivity contribution is 6.76. The van der Waals surface area contributed by atoms with Gasteiger partial charge in [-0.2, -0.15) is 10.1 Å². The summed E-state index contributed by atoms with van der Waals surface area (Å²) in [7, 11) is 0.553. The van der Waals surface area contributed by atoms with Crippen LogP contribution in [0.4, 0.5) is 5.95 Å². The van der Waals surface area contributed by atoms with Gasteiger partial charge in [-0.15, -0.1) is 0 Å². The maximum atomic E-state index is 14.2. The molecule has 2 fully saturated rings. The van der Waals surface area contributed by atoms with Gasteiger partial charge in [-0.3, -0.25) is 14.0 Å². The van der Waals surface area contributed by atoms with Crippen LogP contribution in [0.15, 0.2) is 29.3 Å². The van der Waals surface area contributed by atoms with Crippen LogP contribution < -0.4 is 16.2 Å². The number of benzene rings is 1. The molecule has 5 heterocycles. The highest BCUT2D eigenvalue weighted by Crippen LogP contribution is 2.42. The molecule has 2 atom stereocenters. The molecule has 43 heavy (non-hydrogen) atoms. The zero-order valence-electron chi connectivity index (χ0n) is 26.2. The molecule has 0 radical (unpaired) electrons. The van der Waals surface area contributed by atoms with Gasteiger partial charge in [-0.1, -0.05) is 37.3 Å². The molecular weight excluding hydrogens is 582 g/mol. The van der Waals surface area contributed by atoms with E-state index in [1.54, 1.807) is 4.57 Å². The van der Waals surface area contributed by atoms with E-state index in [2.05, 4.69) is 36.6 Å². The standard InChI is InChI=1S/C31H44ClN7O3Si/c1-7-39-17-23-24(35-39)9-8-21(26(23)32)22-16-38(19-41-14-15-43(4,5)6)28-25(22)29(40)36(3)30(34-28)37-12-10-31(11-13-37)18-42-20(2)27(31)33/h8-9,16-17,20,27H,7,10-15,18-19,33H2,1-6H3/t20-,27+/m0/s1. The Morgan fingerprint density at radius 1 is 1.19 bits per heavy atom. The van der Waals surface area contributed by atoms with E-state index >= 15 is 0 Å². The molecule has 2 aliphatic heterocycles. The summed E-state index contributed by atoms with van der Waals surface area (Å²) in [5.74, 6) is 0.659. The molecule has 1 aromatic carbocycles. The van der Waals surface area contributed by atoms with Crippen LogP contribution in [0.2, 0.25) is 30.7 Å². The van der Waals surface area contributed by atoms with Crippen LogP contribution in [0.5, 0.6) is 0 Å². The minimum Gasteiger partial charge on any atom is -0.376 e. The summed E-state index contributed by atoms with van der Waals surface area (Å²) in [6.45, 7) is 15.1. The maximum Gasteiger partial charge on any atom is 0.264 e. The molecule has 232 valence electrons. The van der Waals surface area contributed by atoms with Gasteiger partial charge in [0.05, 0.1) is 28.6 Å². The number of anilines is 1. The lowest BCUT2D eigenvalue weighted by Crippen LogP contribution is -2.51. The summed E-state index contributed by atoms with van der Waals surface area (Å²) in [5.41, 5.74) is 9.42. The molecule has 0 aliphatic carbocycles. The number of piperidine rings is 1. The van der Waals surface area contributed by atoms with Crippen LogP contribution in [0.3, 0.4) is 0 Å².